The van der Waals surface area contributed by atoms with Gasteiger partial charge in [0, 0.05) is 0 Å². The van der Waals surface area contributed by atoms with Crippen molar-refractivity contribution in [3.63, 3.8) is 0 Å². The molecule has 30 heavy (non-hydrogen) atoms. The van der Waals surface area contributed by atoms with Crippen molar-refractivity contribution in [2.24, 2.45) is 23.7 Å². The fourth-order valence-electron chi connectivity index (χ4n) is 7.32. The van der Waals surface area contributed by atoms with Crippen molar-refractivity contribution in [1.29, 1.82) is 0 Å². The second-order valence-corrected chi connectivity index (χ2v) is 11.9. The SMILES string of the molecule is C1CCCC(CCCCC(CCCC2CCCCCC2)CC2CCCCCC2)CC1. The van der Waals surface area contributed by atoms with Crippen molar-refractivity contribution in [3.05, 3.63) is 0 Å². The number of unbranched alkanes of at least 4 members (excludes halogenated alkanes) is 1. The van der Waals surface area contributed by atoms with Gasteiger partial charge in [-0.1, -0.05) is 161 Å². The molecule has 0 heterocycles. The van der Waals surface area contributed by atoms with Crippen molar-refractivity contribution in [2.75, 3.05) is 0 Å². The summed E-state index contributed by atoms with van der Waals surface area (Å²) in [4.78, 5) is 0. The normalized spacial score (nSPS) is 24.8. The Bertz CT molecular complexity index is 375. The van der Waals surface area contributed by atoms with Gasteiger partial charge in [-0.05, 0) is 30.1 Å². The quantitative estimate of drug-likeness (QED) is 0.232. The van der Waals surface area contributed by atoms with Crippen LogP contribution in [0.4, 0.5) is 0 Å². The van der Waals surface area contributed by atoms with Crippen LogP contribution in [0, 0.1) is 23.7 Å². The van der Waals surface area contributed by atoms with Gasteiger partial charge in [-0.15, -0.1) is 0 Å². The highest BCUT2D eigenvalue weighted by Crippen LogP contribution is 2.34. The van der Waals surface area contributed by atoms with E-state index in [1.165, 1.54) is 89.9 Å². The average Bonchev–Trinajstić information content (AvgIpc) is 3.27. The second-order valence-electron chi connectivity index (χ2n) is 11.9. The first-order chi connectivity index (χ1) is 14.9. The van der Waals surface area contributed by atoms with Gasteiger partial charge in [0.2, 0.25) is 0 Å². The summed E-state index contributed by atoms with van der Waals surface area (Å²) in [6.07, 6.45) is 40.0. The Labute approximate surface area is 190 Å². The largest absolute Gasteiger partial charge is 0.0533 e. The molecule has 0 saturated heterocycles. The zero-order valence-corrected chi connectivity index (χ0v) is 20.7. The zero-order chi connectivity index (χ0) is 20.7. The van der Waals surface area contributed by atoms with Gasteiger partial charge in [0.1, 0.15) is 0 Å². The fourth-order valence-corrected chi connectivity index (χ4v) is 7.32. The van der Waals surface area contributed by atoms with Crippen LogP contribution >= 0.6 is 0 Å². The molecule has 0 N–H and O–H groups in total. The van der Waals surface area contributed by atoms with Crippen LogP contribution in [0.2, 0.25) is 0 Å². The Hall–Kier alpha value is 0. The Morgan fingerprint density at radius 1 is 0.400 bits per heavy atom. The molecular formula is C30H56. The molecule has 0 aromatic heterocycles. The molecule has 0 heteroatoms. The number of hydrogen-bond donors (Lipinski definition) is 0. The van der Waals surface area contributed by atoms with Gasteiger partial charge in [0.05, 0.1) is 0 Å². The van der Waals surface area contributed by atoms with Gasteiger partial charge in [0.25, 0.3) is 0 Å². The predicted molar refractivity (Wildman–Crippen MR) is 134 cm³/mol. The Morgan fingerprint density at radius 3 is 1.30 bits per heavy atom. The smallest absolute Gasteiger partial charge is 0.0412 e. The molecular weight excluding hydrogens is 360 g/mol. The molecule has 1 atom stereocenters. The zero-order valence-electron chi connectivity index (χ0n) is 20.7. The van der Waals surface area contributed by atoms with E-state index in [9.17, 15) is 0 Å². The number of hydrogen-bond acceptors (Lipinski definition) is 0. The summed E-state index contributed by atoms with van der Waals surface area (Å²) in [5, 5.41) is 0. The molecule has 0 aromatic carbocycles. The first-order valence-electron chi connectivity index (χ1n) is 14.9. The molecule has 0 aromatic rings. The van der Waals surface area contributed by atoms with Crippen molar-refractivity contribution in [1.82, 2.24) is 0 Å². The monoisotopic (exact) mass is 416 g/mol. The van der Waals surface area contributed by atoms with E-state index in [2.05, 4.69) is 0 Å². The highest BCUT2D eigenvalue weighted by molar-refractivity contribution is 4.73. The van der Waals surface area contributed by atoms with E-state index in [0.29, 0.717) is 0 Å². The Kier molecular flexibility index (Phi) is 12.9. The third-order valence-corrected chi connectivity index (χ3v) is 9.29. The Morgan fingerprint density at radius 2 is 0.800 bits per heavy atom. The summed E-state index contributed by atoms with van der Waals surface area (Å²) in [6, 6.07) is 0. The molecule has 3 rings (SSSR count). The van der Waals surface area contributed by atoms with Crippen LogP contribution in [0.5, 0.6) is 0 Å². The van der Waals surface area contributed by atoms with E-state index in [1.807, 2.05) is 0 Å². The summed E-state index contributed by atoms with van der Waals surface area (Å²) in [5.41, 5.74) is 0. The number of rotatable bonds is 11. The van der Waals surface area contributed by atoms with Crippen LogP contribution in [0.3, 0.4) is 0 Å². The predicted octanol–water partition coefficient (Wildman–Crippen LogP) is 10.6. The lowest BCUT2D eigenvalue weighted by Gasteiger charge is -2.24. The van der Waals surface area contributed by atoms with E-state index in [-0.39, 0.29) is 0 Å². The molecule has 3 aliphatic carbocycles. The molecule has 1 unspecified atom stereocenters. The van der Waals surface area contributed by atoms with Crippen LogP contribution in [-0.4, -0.2) is 0 Å². The van der Waals surface area contributed by atoms with Gasteiger partial charge in [-0.3, -0.25) is 0 Å². The third-order valence-electron chi connectivity index (χ3n) is 9.29. The van der Waals surface area contributed by atoms with Crippen LogP contribution in [0.25, 0.3) is 0 Å². The van der Waals surface area contributed by atoms with E-state index in [4.69, 9.17) is 0 Å². The maximum Gasteiger partial charge on any atom is -0.0412 e. The molecule has 0 aliphatic heterocycles. The lowest BCUT2D eigenvalue weighted by Crippen LogP contribution is -2.10. The van der Waals surface area contributed by atoms with Gasteiger partial charge < -0.3 is 0 Å². The topological polar surface area (TPSA) is 0 Å². The molecule has 176 valence electrons. The fraction of sp³-hybridized carbons (Fsp3) is 1.00. The average molecular weight is 417 g/mol. The minimum absolute atomic E-state index is 1.06. The standard InChI is InChI=1S/C30H56/c1-2-8-17-27(16-7-1)20-13-14-23-30(26-29-21-11-5-6-12-22-29)25-15-24-28-18-9-3-4-10-19-28/h27-30H,1-26H2. The summed E-state index contributed by atoms with van der Waals surface area (Å²) >= 11 is 0. The first kappa shape index (κ1) is 24.6. The summed E-state index contributed by atoms with van der Waals surface area (Å²) in [5.74, 6) is 4.31. The van der Waals surface area contributed by atoms with Gasteiger partial charge in [-0.2, -0.15) is 0 Å². The highest BCUT2D eigenvalue weighted by atomic mass is 14.3. The van der Waals surface area contributed by atoms with Gasteiger partial charge >= 0.3 is 0 Å². The van der Waals surface area contributed by atoms with Crippen LogP contribution in [0.15, 0.2) is 0 Å². The van der Waals surface area contributed by atoms with Crippen molar-refractivity contribution >= 4 is 0 Å². The van der Waals surface area contributed by atoms with E-state index in [0.717, 1.165) is 23.7 Å². The maximum absolute atomic E-state index is 1.59. The molecule has 3 saturated carbocycles. The minimum Gasteiger partial charge on any atom is -0.0533 e. The Balaban J connectivity index is 1.37. The van der Waals surface area contributed by atoms with Gasteiger partial charge in [0.15, 0.2) is 0 Å². The second kappa shape index (κ2) is 15.7. The summed E-state index contributed by atoms with van der Waals surface area (Å²) in [7, 11) is 0. The van der Waals surface area contributed by atoms with Crippen LogP contribution < -0.4 is 0 Å². The third kappa shape index (κ3) is 10.5. The van der Waals surface area contributed by atoms with Crippen molar-refractivity contribution in [2.45, 2.75) is 167 Å². The van der Waals surface area contributed by atoms with Gasteiger partial charge in [-0.25, -0.2) is 0 Å². The lowest BCUT2D eigenvalue weighted by atomic mass is 9.82. The minimum atomic E-state index is 1.06. The molecule has 3 fully saturated rings. The molecule has 0 spiro atoms. The molecule has 0 amide bonds. The summed E-state index contributed by atoms with van der Waals surface area (Å²) in [6.45, 7) is 0. The molecule has 0 radical (unpaired) electrons. The van der Waals surface area contributed by atoms with E-state index < -0.39 is 0 Å². The lowest BCUT2D eigenvalue weighted by molar-refractivity contribution is 0.284. The maximum atomic E-state index is 1.59. The van der Waals surface area contributed by atoms with Crippen LogP contribution in [0.1, 0.15) is 167 Å². The highest BCUT2D eigenvalue weighted by Gasteiger charge is 2.20. The molecule has 0 bridgehead atoms. The van der Waals surface area contributed by atoms with Crippen molar-refractivity contribution in [3.8, 4) is 0 Å². The van der Waals surface area contributed by atoms with E-state index in [1.54, 1.807) is 77.0 Å². The van der Waals surface area contributed by atoms with E-state index >= 15 is 0 Å². The molecule has 3 aliphatic rings. The summed E-state index contributed by atoms with van der Waals surface area (Å²) < 4.78 is 0. The molecule has 0 nitrogen and oxygen atoms in total. The first-order valence-corrected chi connectivity index (χ1v) is 14.9. The van der Waals surface area contributed by atoms with Crippen molar-refractivity contribution < 1.29 is 0 Å². The van der Waals surface area contributed by atoms with Crippen LogP contribution in [-0.2, 0) is 0 Å².